The van der Waals surface area contributed by atoms with Crippen LogP contribution in [0.5, 0.6) is 5.75 Å². The van der Waals surface area contributed by atoms with E-state index in [2.05, 4.69) is 21.8 Å². The lowest BCUT2D eigenvalue weighted by Gasteiger charge is -2.12. The Labute approximate surface area is 140 Å². The molecule has 2 atom stereocenters. The highest BCUT2D eigenvalue weighted by atomic mass is 19.1. The average Bonchev–Trinajstić information content (AvgIpc) is 3.20. The van der Waals surface area contributed by atoms with Crippen molar-refractivity contribution >= 4 is 5.91 Å². The molecule has 24 heavy (non-hydrogen) atoms. The Kier molecular flexibility index (Phi) is 5.10. The van der Waals surface area contributed by atoms with Crippen LogP contribution in [0, 0.1) is 6.07 Å². The van der Waals surface area contributed by atoms with Gasteiger partial charge in [-0.1, -0.05) is 0 Å². The minimum Gasteiger partial charge on any atom is -0.492 e. The van der Waals surface area contributed by atoms with Crippen molar-refractivity contribution in [2.24, 2.45) is 7.05 Å². The van der Waals surface area contributed by atoms with Crippen molar-refractivity contribution in [1.29, 1.82) is 0 Å². The number of halogens is 1. The van der Waals surface area contributed by atoms with Crippen molar-refractivity contribution in [1.82, 2.24) is 20.4 Å². The average molecular weight is 331 g/mol. The maximum absolute atomic E-state index is 13.0. The molecule has 0 spiro atoms. The van der Waals surface area contributed by atoms with E-state index in [4.69, 9.17) is 4.74 Å². The largest absolute Gasteiger partial charge is 0.492 e. The Hall–Kier alpha value is -2.41. The van der Waals surface area contributed by atoms with E-state index in [0.717, 1.165) is 11.1 Å². The minimum atomic E-state index is -0.942. The van der Waals surface area contributed by atoms with Crippen LogP contribution in [0.2, 0.25) is 0 Å². The van der Waals surface area contributed by atoms with Gasteiger partial charge in [-0.05, 0) is 29.8 Å². The maximum Gasteiger partial charge on any atom is 0.237 e. The Balaban J connectivity index is 1.46. The summed E-state index contributed by atoms with van der Waals surface area (Å²) in [5.74, 6) is 0.489. The fraction of sp³-hybridized carbons (Fsp3) is 0.412. The third kappa shape index (κ3) is 4.11. The zero-order valence-electron chi connectivity index (χ0n) is 13.5. The molecule has 127 valence electrons. The monoisotopic (exact) mass is 331 g/mol. The standard InChI is InChI=1S/C17H20FN4O2/c1-22-11-13(9-21-22)12-3-2-4-15(7-12)24-6-5-19-17(23)16-8-14(18)10-20-16/h3-4,7,9,11,14,16,20H,5-6,8,10H2,1H3,(H,19,23)/t14-,16-/m0/s1. The number of amides is 1. The van der Waals surface area contributed by atoms with Gasteiger partial charge in [-0.15, -0.1) is 0 Å². The van der Waals surface area contributed by atoms with Crippen LogP contribution < -0.4 is 15.4 Å². The summed E-state index contributed by atoms with van der Waals surface area (Å²) in [4.78, 5) is 11.8. The lowest BCUT2D eigenvalue weighted by atomic mass is 10.1. The summed E-state index contributed by atoms with van der Waals surface area (Å²) < 4.78 is 20.4. The van der Waals surface area contributed by atoms with E-state index in [1.165, 1.54) is 0 Å². The molecule has 3 rings (SSSR count). The number of benzene rings is 1. The molecule has 0 saturated carbocycles. The topological polar surface area (TPSA) is 68.2 Å². The molecule has 6 nitrogen and oxygen atoms in total. The molecule has 1 radical (unpaired) electrons. The Morgan fingerprint density at radius 3 is 3.12 bits per heavy atom. The molecule has 2 N–H and O–H groups in total. The fourth-order valence-electron chi connectivity index (χ4n) is 2.63. The second-order valence-corrected chi connectivity index (χ2v) is 5.79. The van der Waals surface area contributed by atoms with E-state index in [0.29, 0.717) is 18.9 Å². The molecular formula is C17H20FN4O2. The highest BCUT2D eigenvalue weighted by Gasteiger charge is 2.28. The first-order chi connectivity index (χ1) is 11.6. The number of nitrogens with zero attached hydrogens (tertiary/aromatic N) is 2. The van der Waals surface area contributed by atoms with E-state index < -0.39 is 12.2 Å². The van der Waals surface area contributed by atoms with Crippen LogP contribution in [-0.2, 0) is 11.8 Å². The molecule has 1 amide bonds. The zero-order chi connectivity index (χ0) is 16.9. The minimum absolute atomic E-state index is 0.186. The molecule has 1 aromatic heterocycles. The molecule has 0 bridgehead atoms. The van der Waals surface area contributed by atoms with Gasteiger partial charge < -0.3 is 15.4 Å². The van der Waals surface area contributed by atoms with E-state index >= 15 is 0 Å². The number of ether oxygens (including phenoxy) is 1. The maximum atomic E-state index is 13.0. The van der Waals surface area contributed by atoms with Gasteiger partial charge in [-0.3, -0.25) is 9.48 Å². The summed E-state index contributed by atoms with van der Waals surface area (Å²) in [5, 5.41) is 9.74. The molecule has 1 aliphatic rings. The van der Waals surface area contributed by atoms with Crippen LogP contribution in [0.25, 0.3) is 11.1 Å². The van der Waals surface area contributed by atoms with Crippen molar-refractivity contribution in [3.63, 3.8) is 0 Å². The molecule has 2 heterocycles. The second kappa shape index (κ2) is 7.44. The lowest BCUT2D eigenvalue weighted by Crippen LogP contribution is -2.41. The molecule has 7 heteroatoms. The van der Waals surface area contributed by atoms with Crippen molar-refractivity contribution in [3.05, 3.63) is 36.7 Å². The fourth-order valence-corrected chi connectivity index (χ4v) is 2.63. The van der Waals surface area contributed by atoms with Crippen molar-refractivity contribution in [2.75, 3.05) is 19.7 Å². The van der Waals surface area contributed by atoms with E-state index in [1.54, 1.807) is 16.9 Å². The van der Waals surface area contributed by atoms with Gasteiger partial charge in [-0.2, -0.15) is 5.10 Å². The van der Waals surface area contributed by atoms with Crippen molar-refractivity contribution in [2.45, 2.75) is 18.6 Å². The predicted molar refractivity (Wildman–Crippen MR) is 87.3 cm³/mol. The van der Waals surface area contributed by atoms with Gasteiger partial charge in [0.05, 0.1) is 18.8 Å². The first-order valence-corrected chi connectivity index (χ1v) is 7.90. The number of hydrogen-bond donors (Lipinski definition) is 2. The van der Waals surface area contributed by atoms with Gasteiger partial charge in [0.15, 0.2) is 0 Å². The number of carbonyl (C=O) groups excluding carboxylic acids is 1. The SMILES string of the molecule is Cn1cc(-c2c[c]cc(OCCNC(=O)[C@@H]3C[C@H](F)CN3)c2)cn1. The summed E-state index contributed by atoms with van der Waals surface area (Å²) >= 11 is 0. The van der Waals surface area contributed by atoms with E-state index in [-0.39, 0.29) is 18.9 Å². The molecule has 0 aliphatic carbocycles. The molecule has 1 saturated heterocycles. The highest BCUT2D eigenvalue weighted by molar-refractivity contribution is 5.82. The Morgan fingerprint density at radius 2 is 2.42 bits per heavy atom. The van der Waals surface area contributed by atoms with Gasteiger partial charge in [0, 0.05) is 31.8 Å². The van der Waals surface area contributed by atoms with Gasteiger partial charge in [0.2, 0.25) is 5.91 Å². The summed E-state index contributed by atoms with van der Waals surface area (Å²) in [7, 11) is 1.86. The molecule has 1 aliphatic heterocycles. The zero-order valence-corrected chi connectivity index (χ0v) is 13.5. The Bertz CT molecular complexity index is 703. The smallest absolute Gasteiger partial charge is 0.237 e. The first-order valence-electron chi connectivity index (χ1n) is 7.90. The number of aromatic nitrogens is 2. The van der Waals surface area contributed by atoms with Crippen LogP contribution in [0.3, 0.4) is 0 Å². The third-order valence-corrected chi connectivity index (χ3v) is 3.86. The van der Waals surface area contributed by atoms with Crippen molar-refractivity contribution < 1.29 is 13.9 Å². The van der Waals surface area contributed by atoms with Gasteiger partial charge in [0.25, 0.3) is 0 Å². The number of alkyl halides is 1. The predicted octanol–water partition coefficient (Wildman–Crippen LogP) is 1.08. The molecular weight excluding hydrogens is 311 g/mol. The summed E-state index contributed by atoms with van der Waals surface area (Å²) in [6.07, 6.45) is 2.98. The molecule has 1 aromatic carbocycles. The number of aryl methyl sites for hydroxylation is 1. The van der Waals surface area contributed by atoms with Crippen LogP contribution in [0.1, 0.15) is 6.42 Å². The number of nitrogens with one attached hydrogen (secondary N) is 2. The number of rotatable bonds is 6. The lowest BCUT2D eigenvalue weighted by molar-refractivity contribution is -0.122. The number of hydrogen-bond acceptors (Lipinski definition) is 4. The Morgan fingerprint density at radius 1 is 1.54 bits per heavy atom. The van der Waals surface area contributed by atoms with Gasteiger partial charge in [-0.25, -0.2) is 4.39 Å². The van der Waals surface area contributed by atoms with E-state index in [1.807, 2.05) is 25.4 Å². The van der Waals surface area contributed by atoms with Crippen LogP contribution in [0.4, 0.5) is 4.39 Å². The van der Waals surface area contributed by atoms with E-state index in [9.17, 15) is 9.18 Å². The quantitative estimate of drug-likeness (QED) is 0.778. The molecule has 1 fully saturated rings. The summed E-state index contributed by atoms with van der Waals surface area (Å²) in [5.41, 5.74) is 1.95. The highest BCUT2D eigenvalue weighted by Crippen LogP contribution is 2.22. The van der Waals surface area contributed by atoms with Crippen LogP contribution in [-0.4, -0.2) is 47.6 Å². The molecule has 2 aromatic rings. The molecule has 0 unspecified atom stereocenters. The number of carbonyl (C=O) groups is 1. The van der Waals surface area contributed by atoms with Crippen LogP contribution in [0.15, 0.2) is 30.6 Å². The van der Waals surface area contributed by atoms with Gasteiger partial charge >= 0.3 is 0 Å². The van der Waals surface area contributed by atoms with Crippen molar-refractivity contribution in [3.8, 4) is 16.9 Å². The summed E-state index contributed by atoms with van der Waals surface area (Å²) in [6, 6.07) is 8.11. The second-order valence-electron chi connectivity index (χ2n) is 5.79. The third-order valence-electron chi connectivity index (χ3n) is 3.86. The summed E-state index contributed by atoms with van der Waals surface area (Å²) in [6.45, 7) is 0.943. The normalized spacial score (nSPS) is 20.1. The van der Waals surface area contributed by atoms with Crippen LogP contribution >= 0.6 is 0 Å². The first kappa shape index (κ1) is 16.4. The van der Waals surface area contributed by atoms with Gasteiger partial charge in [0.1, 0.15) is 18.5 Å².